The fourth-order valence-corrected chi connectivity index (χ4v) is 4.40. The van der Waals surface area contributed by atoms with Gasteiger partial charge < -0.3 is 15.1 Å². The van der Waals surface area contributed by atoms with Crippen LogP contribution >= 0.6 is 0 Å². The average Bonchev–Trinajstić information content (AvgIpc) is 3.16. The van der Waals surface area contributed by atoms with E-state index in [-0.39, 0.29) is 11.4 Å². The van der Waals surface area contributed by atoms with Gasteiger partial charge in [0.25, 0.3) is 0 Å². The summed E-state index contributed by atoms with van der Waals surface area (Å²) < 4.78 is 0. The van der Waals surface area contributed by atoms with Crippen molar-refractivity contribution in [3.63, 3.8) is 0 Å². The number of rotatable bonds is 4. The van der Waals surface area contributed by atoms with Gasteiger partial charge in [-0.25, -0.2) is 4.79 Å². The number of hydrogen-bond donors (Lipinski definition) is 1. The summed E-state index contributed by atoms with van der Waals surface area (Å²) in [7, 11) is 0. The van der Waals surface area contributed by atoms with Gasteiger partial charge in [0.1, 0.15) is 0 Å². The summed E-state index contributed by atoms with van der Waals surface area (Å²) in [6, 6.07) is 0.382. The molecule has 0 atom stereocenters. The molecule has 1 N–H and O–H groups in total. The van der Waals surface area contributed by atoms with E-state index < -0.39 is 0 Å². The van der Waals surface area contributed by atoms with Crippen molar-refractivity contribution >= 4 is 11.9 Å². The van der Waals surface area contributed by atoms with Crippen LogP contribution in [0.25, 0.3) is 0 Å². The smallest absolute Gasteiger partial charge is 0.317 e. The van der Waals surface area contributed by atoms with Gasteiger partial charge in [0.2, 0.25) is 5.91 Å². The average molecular weight is 348 g/mol. The van der Waals surface area contributed by atoms with E-state index in [0.29, 0.717) is 24.9 Å². The van der Waals surface area contributed by atoms with Crippen molar-refractivity contribution < 1.29 is 9.59 Å². The molecule has 140 valence electrons. The quantitative estimate of drug-likeness (QED) is 0.793. The van der Waals surface area contributed by atoms with E-state index >= 15 is 0 Å². The summed E-state index contributed by atoms with van der Waals surface area (Å²) >= 11 is 0. The van der Waals surface area contributed by atoms with Crippen LogP contribution < -0.4 is 5.32 Å². The van der Waals surface area contributed by atoms with Crippen molar-refractivity contribution in [1.29, 1.82) is 0 Å². The number of hydrogen-bond acceptors (Lipinski definition) is 2. The predicted octanol–water partition coefficient (Wildman–Crippen LogP) is 3.31. The van der Waals surface area contributed by atoms with Crippen molar-refractivity contribution in [3.8, 4) is 0 Å². The molecule has 3 amide bonds. The molecule has 2 aliphatic heterocycles. The van der Waals surface area contributed by atoms with E-state index in [0.717, 1.165) is 51.7 Å². The first kappa shape index (κ1) is 18.3. The monoisotopic (exact) mass is 347 g/mol. The number of nitrogens with zero attached hydrogens (tertiary/aromatic N) is 2. The van der Waals surface area contributed by atoms with Crippen LogP contribution in [-0.2, 0) is 4.79 Å². The summed E-state index contributed by atoms with van der Waals surface area (Å²) in [6.07, 6.45) is 10.6. The van der Waals surface area contributed by atoms with Crippen LogP contribution in [0, 0.1) is 5.41 Å². The van der Waals surface area contributed by atoms with Crippen LogP contribution in [0.1, 0.15) is 65.2 Å². The molecule has 25 heavy (non-hydrogen) atoms. The molecule has 0 unspecified atom stereocenters. The maximum atomic E-state index is 12.5. The number of carbonyl (C=O) groups is 2. The zero-order chi connectivity index (χ0) is 17.9. The van der Waals surface area contributed by atoms with Crippen molar-refractivity contribution in [2.75, 3.05) is 26.2 Å². The molecule has 5 nitrogen and oxygen atoms in total. The SMILES string of the molecule is CC(C)(CNC(=O)N1CCC(N2CCCCC2=O)CC1)C1=CCCC1. The van der Waals surface area contributed by atoms with Gasteiger partial charge in [-0.1, -0.05) is 25.5 Å². The lowest BCUT2D eigenvalue weighted by Gasteiger charge is -2.40. The van der Waals surface area contributed by atoms with Crippen molar-refractivity contribution in [2.45, 2.75) is 71.3 Å². The maximum absolute atomic E-state index is 12.5. The van der Waals surface area contributed by atoms with Crippen molar-refractivity contribution in [1.82, 2.24) is 15.1 Å². The molecule has 0 aromatic heterocycles. The molecule has 3 rings (SSSR count). The van der Waals surface area contributed by atoms with Crippen LogP contribution in [0.15, 0.2) is 11.6 Å². The van der Waals surface area contributed by atoms with Gasteiger partial charge in [-0.3, -0.25) is 4.79 Å². The molecule has 2 saturated heterocycles. The van der Waals surface area contributed by atoms with E-state index in [1.165, 1.54) is 18.4 Å². The molecule has 5 heteroatoms. The lowest BCUT2D eigenvalue weighted by molar-refractivity contribution is -0.136. The standard InChI is InChI=1S/C20H33N3O2/c1-20(2,16-7-3-4-8-16)15-21-19(25)22-13-10-17(11-14-22)23-12-6-5-9-18(23)24/h7,17H,3-6,8-15H2,1-2H3,(H,21,25). The summed E-state index contributed by atoms with van der Waals surface area (Å²) in [6.45, 7) is 7.55. The van der Waals surface area contributed by atoms with Gasteiger partial charge >= 0.3 is 6.03 Å². The highest BCUT2D eigenvalue weighted by molar-refractivity contribution is 5.77. The highest BCUT2D eigenvalue weighted by Crippen LogP contribution is 2.34. The number of allylic oxidation sites excluding steroid dienone is 1. The second kappa shape index (κ2) is 7.79. The number of carbonyl (C=O) groups excluding carboxylic acids is 2. The van der Waals surface area contributed by atoms with Crippen LogP contribution in [0.2, 0.25) is 0 Å². The number of urea groups is 1. The van der Waals surface area contributed by atoms with E-state index in [9.17, 15) is 9.59 Å². The Balaban J connectivity index is 1.44. The first-order chi connectivity index (χ1) is 12.0. The summed E-state index contributed by atoms with van der Waals surface area (Å²) in [5.74, 6) is 0.306. The molecule has 0 saturated carbocycles. The Morgan fingerprint density at radius 1 is 1.16 bits per heavy atom. The molecular formula is C20H33N3O2. The second-order valence-electron chi connectivity index (χ2n) is 8.43. The third kappa shape index (κ3) is 4.36. The minimum atomic E-state index is 0.0463. The zero-order valence-corrected chi connectivity index (χ0v) is 15.9. The number of nitrogens with one attached hydrogen (secondary N) is 1. The maximum Gasteiger partial charge on any atom is 0.317 e. The Morgan fingerprint density at radius 3 is 2.56 bits per heavy atom. The molecule has 0 bridgehead atoms. The van der Waals surface area contributed by atoms with Crippen molar-refractivity contribution in [2.24, 2.45) is 5.41 Å². The minimum absolute atomic E-state index is 0.0463. The van der Waals surface area contributed by atoms with Gasteiger partial charge in [-0.2, -0.15) is 0 Å². The van der Waals surface area contributed by atoms with Crippen LogP contribution in [0.4, 0.5) is 4.79 Å². The first-order valence-electron chi connectivity index (χ1n) is 9.99. The number of amides is 3. The van der Waals surface area contributed by atoms with Gasteiger partial charge in [-0.05, 0) is 44.9 Å². The van der Waals surface area contributed by atoms with Gasteiger partial charge in [0, 0.05) is 44.1 Å². The normalized spacial score (nSPS) is 23.0. The van der Waals surface area contributed by atoms with Crippen LogP contribution in [-0.4, -0.2) is 54.0 Å². The lowest BCUT2D eigenvalue weighted by atomic mass is 9.83. The Bertz CT molecular complexity index is 533. The van der Waals surface area contributed by atoms with E-state index in [4.69, 9.17) is 0 Å². The Labute approximate surface area is 151 Å². The minimum Gasteiger partial charge on any atom is -0.340 e. The van der Waals surface area contributed by atoms with Crippen LogP contribution in [0.3, 0.4) is 0 Å². The third-order valence-electron chi connectivity index (χ3n) is 6.14. The summed E-state index contributed by atoms with van der Waals surface area (Å²) in [4.78, 5) is 28.6. The Hall–Kier alpha value is -1.52. The molecular weight excluding hydrogens is 314 g/mol. The predicted molar refractivity (Wildman–Crippen MR) is 99.3 cm³/mol. The third-order valence-corrected chi connectivity index (χ3v) is 6.14. The Kier molecular flexibility index (Phi) is 5.70. The summed E-state index contributed by atoms with van der Waals surface area (Å²) in [5.41, 5.74) is 1.53. The van der Waals surface area contributed by atoms with Gasteiger partial charge in [0.05, 0.1) is 0 Å². The highest BCUT2D eigenvalue weighted by Gasteiger charge is 2.31. The fraction of sp³-hybridized carbons (Fsp3) is 0.800. The number of piperidine rings is 2. The lowest BCUT2D eigenvalue weighted by Crippen LogP contribution is -2.52. The van der Waals surface area contributed by atoms with Gasteiger partial charge in [0.15, 0.2) is 0 Å². The molecule has 0 radical (unpaired) electrons. The molecule has 2 fully saturated rings. The van der Waals surface area contributed by atoms with Crippen LogP contribution in [0.5, 0.6) is 0 Å². The Morgan fingerprint density at radius 2 is 1.92 bits per heavy atom. The highest BCUT2D eigenvalue weighted by atomic mass is 16.2. The topological polar surface area (TPSA) is 52.7 Å². The van der Waals surface area contributed by atoms with E-state index in [1.54, 1.807) is 0 Å². The molecule has 0 aromatic carbocycles. The number of likely N-dealkylation sites (tertiary alicyclic amines) is 2. The zero-order valence-electron chi connectivity index (χ0n) is 15.9. The molecule has 3 aliphatic rings. The second-order valence-corrected chi connectivity index (χ2v) is 8.43. The van der Waals surface area contributed by atoms with Crippen molar-refractivity contribution in [3.05, 3.63) is 11.6 Å². The summed E-state index contributed by atoms with van der Waals surface area (Å²) in [5, 5.41) is 3.14. The molecule has 1 aliphatic carbocycles. The first-order valence-corrected chi connectivity index (χ1v) is 9.99. The van der Waals surface area contributed by atoms with Gasteiger partial charge in [-0.15, -0.1) is 0 Å². The van der Waals surface area contributed by atoms with E-state index in [2.05, 4.69) is 30.1 Å². The largest absolute Gasteiger partial charge is 0.340 e. The molecule has 2 heterocycles. The molecule has 0 spiro atoms. The molecule has 0 aromatic rings. The van der Waals surface area contributed by atoms with E-state index in [1.807, 2.05) is 4.90 Å². The fourth-order valence-electron chi connectivity index (χ4n) is 4.40.